The molecule has 3 aromatic rings. The number of furan rings is 1. The molecule has 0 spiro atoms. The lowest BCUT2D eigenvalue weighted by Crippen LogP contribution is -2.24. The van der Waals surface area contributed by atoms with Crippen molar-refractivity contribution in [1.29, 1.82) is 0 Å². The fourth-order valence-electron chi connectivity index (χ4n) is 2.74. The molecular formula is C21H23NO2. The summed E-state index contributed by atoms with van der Waals surface area (Å²) in [5, 5.41) is 3.88. The van der Waals surface area contributed by atoms with Gasteiger partial charge in [0.05, 0.1) is 0 Å². The molecule has 124 valence electrons. The topological polar surface area (TPSA) is 42.2 Å². The summed E-state index contributed by atoms with van der Waals surface area (Å²) in [6.07, 6.45) is 1.87. The summed E-state index contributed by atoms with van der Waals surface area (Å²) in [5.74, 6) is 0.779. The van der Waals surface area contributed by atoms with Gasteiger partial charge >= 0.3 is 0 Å². The second-order valence-electron chi connectivity index (χ2n) is 6.40. The van der Waals surface area contributed by atoms with Crippen molar-refractivity contribution < 1.29 is 9.21 Å². The molecule has 0 unspecified atom stereocenters. The Balaban J connectivity index is 1.48. The van der Waals surface area contributed by atoms with Crippen LogP contribution < -0.4 is 5.32 Å². The third kappa shape index (κ3) is 3.85. The number of carbonyl (C=O) groups is 1. The number of fused-ring (bicyclic) bond motifs is 1. The number of aryl methyl sites for hydroxylation is 1. The molecule has 1 aromatic heterocycles. The fourth-order valence-corrected chi connectivity index (χ4v) is 2.74. The molecule has 24 heavy (non-hydrogen) atoms. The Labute approximate surface area is 142 Å². The average molecular weight is 321 g/mol. The molecule has 3 heteroatoms. The monoisotopic (exact) mass is 321 g/mol. The molecule has 0 saturated carbocycles. The second kappa shape index (κ2) is 7.35. The maximum absolute atomic E-state index is 12.1. The van der Waals surface area contributed by atoms with Crippen LogP contribution in [0.2, 0.25) is 0 Å². The van der Waals surface area contributed by atoms with Crippen LogP contribution in [0, 0.1) is 0 Å². The van der Waals surface area contributed by atoms with E-state index in [9.17, 15) is 4.79 Å². The highest BCUT2D eigenvalue weighted by molar-refractivity contribution is 5.96. The molecule has 0 fully saturated rings. The minimum absolute atomic E-state index is 0.152. The first kappa shape index (κ1) is 16.3. The molecule has 0 aliphatic rings. The van der Waals surface area contributed by atoms with E-state index in [2.05, 4.69) is 43.4 Å². The van der Waals surface area contributed by atoms with Crippen LogP contribution in [0.25, 0.3) is 11.0 Å². The predicted molar refractivity (Wildman–Crippen MR) is 97.4 cm³/mol. The van der Waals surface area contributed by atoms with Gasteiger partial charge in [-0.05, 0) is 42.0 Å². The Morgan fingerprint density at radius 1 is 1.08 bits per heavy atom. The highest BCUT2D eigenvalue weighted by atomic mass is 16.3. The van der Waals surface area contributed by atoms with Crippen LogP contribution in [0.4, 0.5) is 0 Å². The van der Waals surface area contributed by atoms with Gasteiger partial charge in [0.1, 0.15) is 5.58 Å². The number of carbonyl (C=O) groups excluding carboxylic acids is 1. The average Bonchev–Trinajstić information content (AvgIpc) is 3.03. The summed E-state index contributed by atoms with van der Waals surface area (Å²) in [5.41, 5.74) is 3.40. The van der Waals surface area contributed by atoms with E-state index < -0.39 is 0 Å². The molecule has 2 aromatic carbocycles. The van der Waals surface area contributed by atoms with Crippen molar-refractivity contribution in [3.63, 3.8) is 0 Å². The zero-order valence-corrected chi connectivity index (χ0v) is 14.2. The minimum Gasteiger partial charge on any atom is -0.451 e. The van der Waals surface area contributed by atoms with Crippen LogP contribution in [-0.2, 0) is 6.42 Å². The smallest absolute Gasteiger partial charge is 0.287 e. The molecule has 0 aliphatic carbocycles. The van der Waals surface area contributed by atoms with Crippen molar-refractivity contribution in [3.8, 4) is 0 Å². The first-order valence-corrected chi connectivity index (χ1v) is 8.49. The summed E-state index contributed by atoms with van der Waals surface area (Å²) in [6.45, 7) is 5.03. The Kier molecular flexibility index (Phi) is 4.99. The van der Waals surface area contributed by atoms with E-state index in [1.807, 2.05) is 24.3 Å². The van der Waals surface area contributed by atoms with E-state index in [0.717, 1.165) is 23.8 Å². The van der Waals surface area contributed by atoms with E-state index >= 15 is 0 Å². The van der Waals surface area contributed by atoms with Gasteiger partial charge in [-0.25, -0.2) is 0 Å². The molecule has 3 nitrogen and oxygen atoms in total. The van der Waals surface area contributed by atoms with E-state index in [-0.39, 0.29) is 5.91 Å². The number of hydrogen-bond donors (Lipinski definition) is 1. The van der Waals surface area contributed by atoms with Crippen molar-refractivity contribution in [2.24, 2.45) is 0 Å². The number of nitrogens with one attached hydrogen (secondary N) is 1. The highest BCUT2D eigenvalue weighted by Crippen LogP contribution is 2.18. The second-order valence-corrected chi connectivity index (χ2v) is 6.40. The van der Waals surface area contributed by atoms with Crippen LogP contribution in [0.5, 0.6) is 0 Å². The van der Waals surface area contributed by atoms with Gasteiger partial charge in [-0.3, -0.25) is 4.79 Å². The number of rotatable bonds is 6. The molecule has 1 heterocycles. The van der Waals surface area contributed by atoms with Crippen LogP contribution in [-0.4, -0.2) is 12.5 Å². The van der Waals surface area contributed by atoms with Gasteiger partial charge in [-0.1, -0.05) is 56.3 Å². The van der Waals surface area contributed by atoms with Gasteiger partial charge in [0, 0.05) is 11.9 Å². The van der Waals surface area contributed by atoms with Crippen molar-refractivity contribution >= 4 is 16.9 Å². The SMILES string of the molecule is CC(C)c1ccc(CCCNC(=O)c2cc3ccccc3o2)cc1. The van der Waals surface area contributed by atoms with E-state index in [0.29, 0.717) is 18.2 Å². The number of hydrogen-bond acceptors (Lipinski definition) is 2. The lowest BCUT2D eigenvalue weighted by molar-refractivity contribution is 0.0927. The van der Waals surface area contributed by atoms with Gasteiger partial charge in [0.15, 0.2) is 5.76 Å². The van der Waals surface area contributed by atoms with Crippen molar-refractivity contribution in [2.75, 3.05) is 6.54 Å². The third-order valence-corrected chi connectivity index (χ3v) is 4.22. The van der Waals surface area contributed by atoms with Crippen molar-refractivity contribution in [3.05, 3.63) is 71.5 Å². The number of benzene rings is 2. The maximum Gasteiger partial charge on any atom is 0.287 e. The standard InChI is InChI=1S/C21H23NO2/c1-15(2)17-11-9-16(10-12-17)6-5-13-22-21(23)20-14-18-7-3-4-8-19(18)24-20/h3-4,7-12,14-15H,5-6,13H2,1-2H3,(H,22,23). The van der Waals surface area contributed by atoms with E-state index in [1.165, 1.54) is 11.1 Å². The largest absolute Gasteiger partial charge is 0.451 e. The van der Waals surface area contributed by atoms with Crippen molar-refractivity contribution in [2.45, 2.75) is 32.6 Å². The maximum atomic E-state index is 12.1. The van der Waals surface area contributed by atoms with Crippen molar-refractivity contribution in [1.82, 2.24) is 5.32 Å². The fraction of sp³-hybridized carbons (Fsp3) is 0.286. The molecule has 3 rings (SSSR count). The van der Waals surface area contributed by atoms with Crippen LogP contribution in [0.3, 0.4) is 0 Å². The molecular weight excluding hydrogens is 298 g/mol. The first-order valence-electron chi connectivity index (χ1n) is 8.49. The molecule has 1 N–H and O–H groups in total. The highest BCUT2D eigenvalue weighted by Gasteiger charge is 2.11. The third-order valence-electron chi connectivity index (χ3n) is 4.22. The van der Waals surface area contributed by atoms with Gasteiger partial charge < -0.3 is 9.73 Å². The summed E-state index contributed by atoms with van der Waals surface area (Å²) < 4.78 is 5.57. The zero-order chi connectivity index (χ0) is 16.9. The number of para-hydroxylation sites is 1. The quantitative estimate of drug-likeness (QED) is 0.655. The minimum atomic E-state index is -0.152. The van der Waals surface area contributed by atoms with Gasteiger partial charge in [-0.2, -0.15) is 0 Å². The lowest BCUT2D eigenvalue weighted by atomic mass is 10.0. The molecule has 0 aliphatic heterocycles. The Hall–Kier alpha value is -2.55. The van der Waals surface area contributed by atoms with Gasteiger partial charge in [0.25, 0.3) is 5.91 Å². The molecule has 0 bridgehead atoms. The molecule has 1 amide bonds. The van der Waals surface area contributed by atoms with Crippen LogP contribution in [0.15, 0.2) is 59.0 Å². The van der Waals surface area contributed by atoms with Gasteiger partial charge in [-0.15, -0.1) is 0 Å². The summed E-state index contributed by atoms with van der Waals surface area (Å²) in [7, 11) is 0. The van der Waals surface area contributed by atoms with E-state index in [4.69, 9.17) is 4.42 Å². The molecule has 0 radical (unpaired) electrons. The van der Waals surface area contributed by atoms with Gasteiger partial charge in [0.2, 0.25) is 0 Å². The summed E-state index contributed by atoms with van der Waals surface area (Å²) >= 11 is 0. The normalized spacial score (nSPS) is 11.1. The summed E-state index contributed by atoms with van der Waals surface area (Å²) in [4.78, 5) is 12.1. The van der Waals surface area contributed by atoms with E-state index in [1.54, 1.807) is 6.07 Å². The predicted octanol–water partition coefficient (Wildman–Crippen LogP) is 4.92. The first-order chi connectivity index (χ1) is 11.6. The molecule has 0 atom stereocenters. The Bertz CT molecular complexity index is 782. The molecule has 0 saturated heterocycles. The Morgan fingerprint density at radius 2 is 1.83 bits per heavy atom. The summed E-state index contributed by atoms with van der Waals surface area (Å²) in [6, 6.07) is 18.2. The zero-order valence-electron chi connectivity index (χ0n) is 14.2. The number of amides is 1. The van der Waals surface area contributed by atoms with Crippen LogP contribution >= 0.6 is 0 Å². The lowest BCUT2D eigenvalue weighted by Gasteiger charge is -2.07. The van der Waals surface area contributed by atoms with Crippen LogP contribution in [0.1, 0.15) is 47.9 Å². The Morgan fingerprint density at radius 3 is 2.54 bits per heavy atom.